The molecule has 1 aromatic heterocycles. The van der Waals surface area contributed by atoms with E-state index in [1.165, 1.54) is 12.8 Å². The number of hydrogen-bond acceptors (Lipinski definition) is 3. The van der Waals surface area contributed by atoms with Gasteiger partial charge in [0.1, 0.15) is 11.4 Å². The summed E-state index contributed by atoms with van der Waals surface area (Å²) in [5.74, 6) is 0.675. The predicted octanol–water partition coefficient (Wildman–Crippen LogP) is 2.87. The smallest absolute Gasteiger partial charge is 0.267 e. The number of nitrogens with one attached hydrogen (secondary N) is 2. The number of aromatic nitrogens is 1. The summed E-state index contributed by atoms with van der Waals surface area (Å²) in [6.45, 7) is 1.11. The molecule has 1 heterocycles. The van der Waals surface area contributed by atoms with Gasteiger partial charge in [-0.1, -0.05) is 12.8 Å². The van der Waals surface area contributed by atoms with E-state index in [0.717, 1.165) is 29.5 Å². The highest BCUT2D eigenvalue weighted by Crippen LogP contribution is 2.22. The molecule has 2 N–H and O–H groups in total. The molecule has 0 spiro atoms. The lowest BCUT2D eigenvalue weighted by atomic mass is 10.2. The first-order valence-corrected chi connectivity index (χ1v) is 7.83. The number of H-pyrrole nitrogens is 1. The topological polar surface area (TPSA) is 63.4 Å². The number of amides is 1. The lowest BCUT2D eigenvalue weighted by Gasteiger charge is -2.11. The maximum Gasteiger partial charge on any atom is 0.267 e. The molecule has 0 radical (unpaired) electrons. The van der Waals surface area contributed by atoms with Gasteiger partial charge in [-0.05, 0) is 37.1 Å². The van der Waals surface area contributed by atoms with Crippen molar-refractivity contribution in [1.29, 1.82) is 0 Å². The zero-order chi connectivity index (χ0) is 15.4. The number of fused-ring (bicyclic) bond motifs is 1. The zero-order valence-electron chi connectivity index (χ0n) is 12.9. The van der Waals surface area contributed by atoms with Crippen molar-refractivity contribution >= 4 is 16.8 Å². The Morgan fingerprint density at radius 1 is 1.32 bits per heavy atom. The van der Waals surface area contributed by atoms with Crippen LogP contribution in [-0.2, 0) is 4.74 Å². The molecule has 22 heavy (non-hydrogen) atoms. The molecule has 1 aromatic carbocycles. The number of carbonyl (C=O) groups is 1. The maximum absolute atomic E-state index is 12.1. The molecule has 0 saturated heterocycles. The van der Waals surface area contributed by atoms with Crippen molar-refractivity contribution in [1.82, 2.24) is 10.3 Å². The van der Waals surface area contributed by atoms with Gasteiger partial charge in [0.05, 0.1) is 19.8 Å². The summed E-state index contributed by atoms with van der Waals surface area (Å²) < 4.78 is 10.9. The Balaban J connectivity index is 1.53. The van der Waals surface area contributed by atoms with Crippen LogP contribution in [-0.4, -0.2) is 37.3 Å². The number of aromatic amines is 1. The van der Waals surface area contributed by atoms with Crippen LogP contribution >= 0.6 is 0 Å². The van der Waals surface area contributed by atoms with Crippen LogP contribution in [0.15, 0.2) is 24.3 Å². The molecule has 5 nitrogen and oxygen atoms in total. The SMILES string of the molecule is COc1ccc2[nH]c(C(=O)NCCOC3CCCC3)cc2c1. The minimum absolute atomic E-state index is 0.106. The summed E-state index contributed by atoms with van der Waals surface area (Å²) in [6.07, 6.45) is 5.21. The van der Waals surface area contributed by atoms with Gasteiger partial charge in [0, 0.05) is 17.4 Å². The molecule has 0 bridgehead atoms. The molecule has 1 aliphatic rings. The maximum atomic E-state index is 12.1. The van der Waals surface area contributed by atoms with Crippen molar-refractivity contribution in [2.45, 2.75) is 31.8 Å². The number of ether oxygens (including phenoxy) is 2. The van der Waals surface area contributed by atoms with Gasteiger partial charge >= 0.3 is 0 Å². The van der Waals surface area contributed by atoms with E-state index in [9.17, 15) is 4.79 Å². The molecule has 1 amide bonds. The summed E-state index contributed by atoms with van der Waals surface area (Å²) in [5, 5.41) is 3.85. The second-order valence-electron chi connectivity index (χ2n) is 5.67. The molecule has 1 aliphatic carbocycles. The molecule has 2 aromatic rings. The normalized spacial score (nSPS) is 15.3. The van der Waals surface area contributed by atoms with E-state index in [-0.39, 0.29) is 5.91 Å². The van der Waals surface area contributed by atoms with Crippen LogP contribution < -0.4 is 10.1 Å². The zero-order valence-corrected chi connectivity index (χ0v) is 12.9. The summed E-state index contributed by atoms with van der Waals surface area (Å²) in [6, 6.07) is 7.53. The molecule has 0 atom stereocenters. The Bertz CT molecular complexity index is 644. The van der Waals surface area contributed by atoms with Crippen LogP contribution in [0.3, 0.4) is 0 Å². The molecular weight excluding hydrogens is 280 g/mol. The van der Waals surface area contributed by atoms with Gasteiger partial charge in [-0.15, -0.1) is 0 Å². The Labute approximate surface area is 130 Å². The van der Waals surface area contributed by atoms with Crippen molar-refractivity contribution in [2.75, 3.05) is 20.3 Å². The second kappa shape index (κ2) is 6.83. The van der Waals surface area contributed by atoms with E-state index in [0.29, 0.717) is 24.9 Å². The first kappa shape index (κ1) is 14.9. The van der Waals surface area contributed by atoms with Crippen LogP contribution in [0, 0.1) is 0 Å². The summed E-state index contributed by atoms with van der Waals surface area (Å²) >= 11 is 0. The number of carbonyl (C=O) groups excluding carboxylic acids is 1. The van der Waals surface area contributed by atoms with Crippen molar-refractivity contribution in [3.05, 3.63) is 30.0 Å². The van der Waals surface area contributed by atoms with Gasteiger partial charge in [-0.2, -0.15) is 0 Å². The van der Waals surface area contributed by atoms with Crippen LogP contribution in [0.1, 0.15) is 36.2 Å². The van der Waals surface area contributed by atoms with E-state index >= 15 is 0 Å². The van der Waals surface area contributed by atoms with Gasteiger partial charge in [-0.25, -0.2) is 0 Å². The van der Waals surface area contributed by atoms with Gasteiger partial charge < -0.3 is 19.8 Å². The molecule has 1 saturated carbocycles. The Kier molecular flexibility index (Phi) is 4.63. The molecule has 0 aliphatic heterocycles. The van der Waals surface area contributed by atoms with E-state index in [4.69, 9.17) is 9.47 Å². The third-order valence-electron chi connectivity index (χ3n) is 4.12. The lowest BCUT2D eigenvalue weighted by Crippen LogP contribution is -2.28. The molecule has 5 heteroatoms. The molecule has 0 unspecified atom stereocenters. The summed E-state index contributed by atoms with van der Waals surface area (Å²) in [7, 11) is 1.63. The fourth-order valence-corrected chi connectivity index (χ4v) is 2.90. The quantitative estimate of drug-likeness (QED) is 0.807. The van der Waals surface area contributed by atoms with Gasteiger partial charge in [0.25, 0.3) is 5.91 Å². The largest absolute Gasteiger partial charge is 0.497 e. The highest BCUT2D eigenvalue weighted by molar-refractivity contribution is 5.98. The third kappa shape index (κ3) is 3.42. The van der Waals surface area contributed by atoms with Crippen LogP contribution in [0.5, 0.6) is 5.75 Å². The first-order valence-electron chi connectivity index (χ1n) is 7.83. The Morgan fingerprint density at radius 2 is 2.14 bits per heavy atom. The third-order valence-corrected chi connectivity index (χ3v) is 4.12. The minimum Gasteiger partial charge on any atom is -0.497 e. The van der Waals surface area contributed by atoms with E-state index in [2.05, 4.69) is 10.3 Å². The fourth-order valence-electron chi connectivity index (χ4n) is 2.90. The molecular formula is C17H22N2O3. The van der Waals surface area contributed by atoms with E-state index in [1.54, 1.807) is 7.11 Å². The molecule has 1 fully saturated rings. The van der Waals surface area contributed by atoms with Crippen molar-refractivity contribution in [2.24, 2.45) is 0 Å². The van der Waals surface area contributed by atoms with E-state index in [1.807, 2.05) is 24.3 Å². The number of hydrogen-bond donors (Lipinski definition) is 2. The Morgan fingerprint density at radius 3 is 2.91 bits per heavy atom. The monoisotopic (exact) mass is 302 g/mol. The number of rotatable bonds is 6. The van der Waals surface area contributed by atoms with E-state index < -0.39 is 0 Å². The average molecular weight is 302 g/mol. The Hall–Kier alpha value is -2.01. The van der Waals surface area contributed by atoms with Crippen LogP contribution in [0.25, 0.3) is 10.9 Å². The van der Waals surface area contributed by atoms with Crippen LogP contribution in [0.2, 0.25) is 0 Å². The predicted molar refractivity (Wildman–Crippen MR) is 85.4 cm³/mol. The standard InChI is InChI=1S/C17H22N2O3/c1-21-14-6-7-15-12(10-14)11-16(19-15)17(20)18-8-9-22-13-4-2-3-5-13/h6-7,10-11,13,19H,2-5,8-9H2,1H3,(H,18,20). The summed E-state index contributed by atoms with van der Waals surface area (Å²) in [4.78, 5) is 15.3. The molecule has 3 rings (SSSR count). The average Bonchev–Trinajstić information content (AvgIpc) is 3.19. The van der Waals surface area contributed by atoms with Gasteiger partial charge in [0.2, 0.25) is 0 Å². The molecule has 118 valence electrons. The second-order valence-corrected chi connectivity index (χ2v) is 5.67. The fraction of sp³-hybridized carbons (Fsp3) is 0.471. The highest BCUT2D eigenvalue weighted by Gasteiger charge is 2.15. The van der Waals surface area contributed by atoms with Crippen molar-refractivity contribution < 1.29 is 14.3 Å². The first-order chi connectivity index (χ1) is 10.8. The highest BCUT2D eigenvalue weighted by atomic mass is 16.5. The van der Waals surface area contributed by atoms with Gasteiger partial charge in [-0.3, -0.25) is 4.79 Å². The number of methoxy groups -OCH3 is 1. The number of benzene rings is 1. The van der Waals surface area contributed by atoms with Crippen molar-refractivity contribution in [3.63, 3.8) is 0 Å². The minimum atomic E-state index is -0.106. The van der Waals surface area contributed by atoms with Crippen molar-refractivity contribution in [3.8, 4) is 5.75 Å². The van der Waals surface area contributed by atoms with Gasteiger partial charge in [0.15, 0.2) is 0 Å². The summed E-state index contributed by atoms with van der Waals surface area (Å²) in [5.41, 5.74) is 1.48. The lowest BCUT2D eigenvalue weighted by molar-refractivity contribution is 0.0581. The van der Waals surface area contributed by atoms with Crippen LogP contribution in [0.4, 0.5) is 0 Å².